The van der Waals surface area contributed by atoms with E-state index in [2.05, 4.69) is 5.16 Å². The first kappa shape index (κ1) is 9.43. The summed E-state index contributed by atoms with van der Waals surface area (Å²) < 4.78 is 0. The largest absolute Gasteiger partial charge is 0.411 e. The molecule has 0 aromatic heterocycles. The summed E-state index contributed by atoms with van der Waals surface area (Å²) in [6.45, 7) is 5.34. The third kappa shape index (κ3) is 1.70. The lowest BCUT2D eigenvalue weighted by molar-refractivity contribution is 0.0984. The first-order valence-electron chi connectivity index (χ1n) is 3.52. The zero-order valence-electron chi connectivity index (χ0n) is 6.76. The van der Waals surface area contributed by atoms with E-state index in [4.69, 9.17) is 5.21 Å². The predicted molar refractivity (Wildman–Crippen MR) is 40.4 cm³/mol. The molecule has 0 amide bonds. The molecule has 0 saturated carbocycles. The fraction of sp³-hybridized carbons (Fsp3) is 0.857. The SMILES string of the molecule is CCC(O)(CC)/C(C)=N/O. The maximum absolute atomic E-state index is 9.61. The molecular formula is C7H15NO2. The average molecular weight is 145 g/mol. The Kier molecular flexibility index (Phi) is 3.36. The number of oxime groups is 1. The van der Waals surface area contributed by atoms with Gasteiger partial charge in [-0.3, -0.25) is 0 Å². The van der Waals surface area contributed by atoms with Crippen molar-refractivity contribution >= 4 is 5.71 Å². The standard InChI is InChI=1S/C7H15NO2/c1-4-7(9,5-2)6(3)8-10/h9-10H,4-5H2,1-3H3/b8-6+. The van der Waals surface area contributed by atoms with E-state index in [0.717, 1.165) is 0 Å². The molecule has 0 aliphatic rings. The van der Waals surface area contributed by atoms with Gasteiger partial charge in [-0.15, -0.1) is 0 Å². The highest BCUT2D eigenvalue weighted by atomic mass is 16.4. The molecule has 0 aliphatic carbocycles. The summed E-state index contributed by atoms with van der Waals surface area (Å²) in [4.78, 5) is 0. The molecule has 10 heavy (non-hydrogen) atoms. The molecule has 0 saturated heterocycles. The van der Waals surface area contributed by atoms with E-state index in [1.165, 1.54) is 0 Å². The van der Waals surface area contributed by atoms with Crippen molar-refractivity contribution in [2.45, 2.75) is 39.2 Å². The molecule has 0 atom stereocenters. The Hall–Kier alpha value is -0.570. The maximum atomic E-state index is 9.61. The minimum absolute atomic E-state index is 0.387. The first-order valence-corrected chi connectivity index (χ1v) is 3.52. The topological polar surface area (TPSA) is 52.8 Å². The van der Waals surface area contributed by atoms with E-state index < -0.39 is 5.60 Å². The van der Waals surface area contributed by atoms with Crippen molar-refractivity contribution in [3.8, 4) is 0 Å². The molecule has 2 N–H and O–H groups in total. The molecule has 0 spiro atoms. The van der Waals surface area contributed by atoms with Crippen LogP contribution in [0.3, 0.4) is 0 Å². The Morgan fingerprint density at radius 2 is 1.80 bits per heavy atom. The second-order valence-corrected chi connectivity index (χ2v) is 2.42. The maximum Gasteiger partial charge on any atom is 0.105 e. The first-order chi connectivity index (χ1) is 4.60. The van der Waals surface area contributed by atoms with E-state index in [-0.39, 0.29) is 0 Å². The van der Waals surface area contributed by atoms with Crippen molar-refractivity contribution in [1.29, 1.82) is 0 Å². The molecular weight excluding hydrogens is 130 g/mol. The highest BCUT2D eigenvalue weighted by Crippen LogP contribution is 2.16. The van der Waals surface area contributed by atoms with Gasteiger partial charge in [0.2, 0.25) is 0 Å². The van der Waals surface area contributed by atoms with E-state index in [1.807, 2.05) is 13.8 Å². The molecule has 0 rings (SSSR count). The summed E-state index contributed by atoms with van der Waals surface area (Å²) in [6, 6.07) is 0. The summed E-state index contributed by atoms with van der Waals surface area (Å²) in [7, 11) is 0. The van der Waals surface area contributed by atoms with E-state index in [0.29, 0.717) is 18.6 Å². The van der Waals surface area contributed by atoms with Gasteiger partial charge >= 0.3 is 0 Å². The van der Waals surface area contributed by atoms with Gasteiger partial charge in [-0.2, -0.15) is 0 Å². The highest BCUT2D eigenvalue weighted by molar-refractivity contribution is 5.89. The van der Waals surface area contributed by atoms with Crippen LogP contribution >= 0.6 is 0 Å². The van der Waals surface area contributed by atoms with Crippen molar-refractivity contribution in [3.63, 3.8) is 0 Å². The highest BCUT2D eigenvalue weighted by Gasteiger charge is 2.26. The van der Waals surface area contributed by atoms with Crippen molar-refractivity contribution in [2.24, 2.45) is 5.16 Å². The molecule has 0 aromatic rings. The van der Waals surface area contributed by atoms with Crippen molar-refractivity contribution in [2.75, 3.05) is 0 Å². The Morgan fingerprint density at radius 1 is 1.40 bits per heavy atom. The number of hydrogen-bond donors (Lipinski definition) is 2. The number of aliphatic hydroxyl groups is 1. The Balaban J connectivity index is 4.32. The lowest BCUT2D eigenvalue weighted by Gasteiger charge is -2.23. The zero-order chi connectivity index (χ0) is 8.20. The quantitative estimate of drug-likeness (QED) is 0.358. The van der Waals surface area contributed by atoms with Crippen molar-refractivity contribution < 1.29 is 10.3 Å². The van der Waals surface area contributed by atoms with Gasteiger partial charge in [-0.05, 0) is 19.8 Å². The number of nitrogens with zero attached hydrogens (tertiary/aromatic N) is 1. The van der Waals surface area contributed by atoms with Gasteiger partial charge in [0.1, 0.15) is 5.60 Å². The van der Waals surface area contributed by atoms with Crippen LogP contribution in [-0.2, 0) is 0 Å². The zero-order valence-corrected chi connectivity index (χ0v) is 6.76. The average Bonchev–Trinajstić information content (AvgIpc) is 2.01. The molecule has 60 valence electrons. The lowest BCUT2D eigenvalue weighted by Crippen LogP contribution is -2.35. The van der Waals surface area contributed by atoms with E-state index in [1.54, 1.807) is 6.92 Å². The summed E-state index contributed by atoms with van der Waals surface area (Å²) in [6.07, 6.45) is 1.17. The summed E-state index contributed by atoms with van der Waals surface area (Å²) >= 11 is 0. The third-order valence-corrected chi connectivity index (χ3v) is 1.99. The van der Waals surface area contributed by atoms with Gasteiger partial charge < -0.3 is 10.3 Å². The van der Waals surface area contributed by atoms with E-state index in [9.17, 15) is 5.11 Å². The minimum atomic E-state index is -0.908. The van der Waals surface area contributed by atoms with Crippen LogP contribution < -0.4 is 0 Å². The van der Waals surface area contributed by atoms with Crippen LogP contribution in [-0.4, -0.2) is 21.6 Å². The van der Waals surface area contributed by atoms with Crippen molar-refractivity contribution in [1.82, 2.24) is 0 Å². The van der Waals surface area contributed by atoms with Gasteiger partial charge in [0.25, 0.3) is 0 Å². The van der Waals surface area contributed by atoms with Crippen LogP contribution in [0.2, 0.25) is 0 Å². The molecule has 0 unspecified atom stereocenters. The number of hydrogen-bond acceptors (Lipinski definition) is 3. The molecule has 0 bridgehead atoms. The second-order valence-electron chi connectivity index (χ2n) is 2.42. The molecule has 0 heterocycles. The predicted octanol–water partition coefficient (Wildman–Crippen LogP) is 1.39. The van der Waals surface area contributed by atoms with Crippen molar-refractivity contribution in [3.05, 3.63) is 0 Å². The van der Waals surface area contributed by atoms with Gasteiger partial charge in [-0.1, -0.05) is 19.0 Å². The van der Waals surface area contributed by atoms with Crippen LogP contribution in [0, 0.1) is 0 Å². The molecule has 0 aliphatic heterocycles. The van der Waals surface area contributed by atoms with Crippen LogP contribution in [0.15, 0.2) is 5.16 Å². The Morgan fingerprint density at radius 3 is 1.90 bits per heavy atom. The van der Waals surface area contributed by atoms with Crippen LogP contribution in [0.1, 0.15) is 33.6 Å². The summed E-state index contributed by atoms with van der Waals surface area (Å²) in [5.41, 5.74) is -0.521. The monoisotopic (exact) mass is 145 g/mol. The molecule has 3 nitrogen and oxygen atoms in total. The summed E-state index contributed by atoms with van der Waals surface area (Å²) in [5, 5.41) is 20.9. The fourth-order valence-corrected chi connectivity index (χ4v) is 0.855. The van der Waals surface area contributed by atoms with Gasteiger partial charge in [0.05, 0.1) is 5.71 Å². The normalized spacial score (nSPS) is 13.8. The smallest absolute Gasteiger partial charge is 0.105 e. The Bertz CT molecular complexity index is 128. The molecule has 3 heteroatoms. The second kappa shape index (κ2) is 3.56. The number of rotatable bonds is 3. The van der Waals surface area contributed by atoms with Crippen LogP contribution in [0.25, 0.3) is 0 Å². The minimum Gasteiger partial charge on any atom is -0.411 e. The van der Waals surface area contributed by atoms with Gasteiger partial charge in [-0.25, -0.2) is 0 Å². The van der Waals surface area contributed by atoms with Gasteiger partial charge in [0, 0.05) is 0 Å². The van der Waals surface area contributed by atoms with Crippen LogP contribution in [0.5, 0.6) is 0 Å². The van der Waals surface area contributed by atoms with E-state index >= 15 is 0 Å². The summed E-state index contributed by atoms with van der Waals surface area (Å²) in [5.74, 6) is 0. The third-order valence-electron chi connectivity index (χ3n) is 1.99. The fourth-order valence-electron chi connectivity index (χ4n) is 0.855. The van der Waals surface area contributed by atoms with Crippen LogP contribution in [0.4, 0.5) is 0 Å². The Labute approximate surface area is 61.4 Å². The molecule has 0 fully saturated rings. The lowest BCUT2D eigenvalue weighted by atomic mass is 9.93. The van der Waals surface area contributed by atoms with Gasteiger partial charge in [0.15, 0.2) is 0 Å². The molecule has 0 radical (unpaired) electrons. The molecule has 0 aromatic carbocycles.